The van der Waals surface area contributed by atoms with Gasteiger partial charge in [-0.05, 0) is 93.5 Å². The Morgan fingerprint density at radius 1 is 1.13 bits per heavy atom. The molecular formula is C33H51NO4. The number of allylic oxidation sites excluding steroid dienone is 3. The van der Waals surface area contributed by atoms with E-state index in [9.17, 15) is 4.79 Å². The first kappa shape index (κ1) is 27.2. The van der Waals surface area contributed by atoms with E-state index in [1.165, 1.54) is 37.7 Å². The molecule has 0 aromatic carbocycles. The molecule has 0 unspecified atom stereocenters. The molecule has 4 fully saturated rings. The van der Waals surface area contributed by atoms with Crippen LogP contribution in [0, 0.1) is 35.0 Å². The van der Waals surface area contributed by atoms with E-state index >= 15 is 0 Å². The minimum absolute atomic E-state index is 0.0215. The van der Waals surface area contributed by atoms with E-state index in [0.29, 0.717) is 43.0 Å². The van der Waals surface area contributed by atoms with Gasteiger partial charge in [0.05, 0.1) is 31.5 Å². The number of piperidine rings is 1. The lowest BCUT2D eigenvalue weighted by Gasteiger charge is -2.48. The van der Waals surface area contributed by atoms with E-state index < -0.39 is 0 Å². The van der Waals surface area contributed by atoms with Crippen molar-refractivity contribution in [3.05, 3.63) is 22.8 Å². The maximum absolute atomic E-state index is 12.2. The van der Waals surface area contributed by atoms with Gasteiger partial charge in [0.1, 0.15) is 0 Å². The van der Waals surface area contributed by atoms with Crippen molar-refractivity contribution in [2.75, 3.05) is 40.0 Å². The van der Waals surface area contributed by atoms with Crippen LogP contribution in [0.5, 0.6) is 0 Å². The predicted octanol–water partition coefficient (Wildman–Crippen LogP) is 5.98. The Kier molecular flexibility index (Phi) is 7.46. The molecule has 4 aliphatic carbocycles. The minimum Gasteiger partial charge on any atom is -0.382 e. The molecule has 2 saturated heterocycles. The van der Waals surface area contributed by atoms with E-state index in [4.69, 9.17) is 14.2 Å². The fourth-order valence-corrected chi connectivity index (χ4v) is 10.2. The topological polar surface area (TPSA) is 48.0 Å². The highest BCUT2D eigenvalue weighted by Gasteiger charge is 2.59. The number of methoxy groups -OCH3 is 1. The summed E-state index contributed by atoms with van der Waals surface area (Å²) in [5, 5.41) is 0. The van der Waals surface area contributed by atoms with Gasteiger partial charge in [-0.1, -0.05) is 37.5 Å². The average molecular weight is 526 g/mol. The molecule has 0 N–H and O–H groups in total. The number of ketones is 1. The van der Waals surface area contributed by atoms with Crippen LogP contribution in [0.3, 0.4) is 0 Å². The van der Waals surface area contributed by atoms with Crippen molar-refractivity contribution in [3.63, 3.8) is 0 Å². The third kappa shape index (κ3) is 4.48. The average Bonchev–Trinajstić information content (AvgIpc) is 3.34. The van der Waals surface area contributed by atoms with Gasteiger partial charge < -0.3 is 14.2 Å². The Labute approximate surface area is 230 Å². The molecule has 2 heterocycles. The highest BCUT2D eigenvalue weighted by Crippen LogP contribution is 2.64. The van der Waals surface area contributed by atoms with Crippen molar-refractivity contribution in [1.82, 2.24) is 4.90 Å². The van der Waals surface area contributed by atoms with Crippen LogP contribution in [0.15, 0.2) is 22.8 Å². The van der Waals surface area contributed by atoms with Gasteiger partial charge >= 0.3 is 0 Å². The number of hydrogen-bond donors (Lipinski definition) is 0. The standard InChI is InChI=1S/C33H51NO4/c1-21-16-30-31(34(20-21)12-13-37-15-14-36-5)23(3)33(38-30)11-9-26-27-7-6-24-17-25(35)8-10-32(24,4)29(27)18-28(26)22(2)19-33/h17,21,23,26-27,29-31H,6-16,18-20H2,1-5H3/t21-,23+,26-,27-,29-,30+,31-,32-,33-/m0/s1. The fraction of sp³-hybridized carbons (Fsp3) is 0.848. The van der Waals surface area contributed by atoms with Crippen LogP contribution in [-0.4, -0.2) is 68.4 Å². The van der Waals surface area contributed by atoms with Gasteiger partial charge in [-0.25, -0.2) is 0 Å². The molecule has 38 heavy (non-hydrogen) atoms. The van der Waals surface area contributed by atoms with Gasteiger partial charge in [0, 0.05) is 38.6 Å². The number of likely N-dealkylation sites (tertiary alicyclic amines) is 1. The van der Waals surface area contributed by atoms with Crippen LogP contribution in [0.4, 0.5) is 0 Å². The number of ether oxygens (including phenoxy) is 3. The Morgan fingerprint density at radius 3 is 2.79 bits per heavy atom. The third-order valence-corrected chi connectivity index (χ3v) is 12.1. The van der Waals surface area contributed by atoms with E-state index in [2.05, 4.69) is 32.6 Å². The van der Waals surface area contributed by atoms with Crippen molar-refractivity contribution in [3.8, 4) is 0 Å². The molecule has 1 spiro atoms. The Hall–Kier alpha value is -1.01. The second kappa shape index (κ2) is 10.4. The van der Waals surface area contributed by atoms with Gasteiger partial charge in [-0.2, -0.15) is 0 Å². The zero-order valence-electron chi connectivity index (χ0n) is 24.6. The van der Waals surface area contributed by atoms with Crippen LogP contribution in [0.1, 0.15) is 85.5 Å². The zero-order valence-corrected chi connectivity index (χ0v) is 24.6. The smallest absolute Gasteiger partial charge is 0.155 e. The Balaban J connectivity index is 1.21. The second-order valence-corrected chi connectivity index (χ2v) is 14.1. The summed E-state index contributed by atoms with van der Waals surface area (Å²) in [6, 6.07) is 0.502. The molecule has 6 aliphatic rings. The van der Waals surface area contributed by atoms with Gasteiger partial charge in [-0.15, -0.1) is 0 Å². The second-order valence-electron chi connectivity index (χ2n) is 14.1. The number of hydrogen-bond acceptors (Lipinski definition) is 5. The van der Waals surface area contributed by atoms with Gasteiger partial charge in [0.25, 0.3) is 0 Å². The molecule has 0 aromatic heterocycles. The van der Waals surface area contributed by atoms with Crippen LogP contribution in [-0.2, 0) is 19.0 Å². The summed E-state index contributed by atoms with van der Waals surface area (Å²) in [6.45, 7) is 14.1. The van der Waals surface area contributed by atoms with Crippen molar-refractivity contribution in [1.29, 1.82) is 0 Å². The maximum Gasteiger partial charge on any atom is 0.155 e. The fourth-order valence-electron chi connectivity index (χ4n) is 10.2. The lowest BCUT2D eigenvalue weighted by atomic mass is 9.56. The van der Waals surface area contributed by atoms with Gasteiger partial charge in [0.2, 0.25) is 0 Å². The van der Waals surface area contributed by atoms with Crippen LogP contribution < -0.4 is 0 Å². The monoisotopic (exact) mass is 525 g/mol. The summed E-state index contributed by atoms with van der Waals surface area (Å²) in [7, 11) is 1.73. The maximum atomic E-state index is 12.2. The molecule has 212 valence electrons. The number of nitrogens with zero attached hydrogens (tertiary/aromatic N) is 1. The SMILES string of the molecule is COCCOCCN1C[C@@H](C)C[C@H]2O[C@]3(CC[C@@H]4C(=C(C)C3)C[C@H]3[C@H]4CCC4=CC(=O)CC[C@@]43C)[C@H](C)[C@@H]21. The molecule has 2 aliphatic heterocycles. The first-order valence-corrected chi connectivity index (χ1v) is 15.7. The lowest BCUT2D eigenvalue weighted by Crippen LogP contribution is -2.52. The number of carbonyl (C=O) groups is 1. The van der Waals surface area contributed by atoms with E-state index in [1.807, 2.05) is 6.08 Å². The Bertz CT molecular complexity index is 987. The summed E-state index contributed by atoms with van der Waals surface area (Å²) in [5.41, 5.74) is 5.10. The normalized spacial score (nSPS) is 44.9. The number of rotatable bonds is 6. The first-order chi connectivity index (χ1) is 18.3. The van der Waals surface area contributed by atoms with Gasteiger partial charge in [-0.3, -0.25) is 9.69 Å². The molecule has 0 radical (unpaired) electrons. The zero-order chi connectivity index (χ0) is 26.7. The molecule has 0 amide bonds. The Morgan fingerprint density at radius 2 is 1.97 bits per heavy atom. The van der Waals surface area contributed by atoms with Crippen LogP contribution in [0.25, 0.3) is 0 Å². The number of fused-ring (bicyclic) bond motifs is 6. The minimum atomic E-state index is -0.0215. The lowest BCUT2D eigenvalue weighted by molar-refractivity contribution is -0.116. The highest BCUT2D eigenvalue weighted by molar-refractivity contribution is 5.91. The molecule has 2 saturated carbocycles. The van der Waals surface area contributed by atoms with Crippen molar-refractivity contribution < 1.29 is 19.0 Å². The largest absolute Gasteiger partial charge is 0.382 e. The molecule has 5 nitrogen and oxygen atoms in total. The molecular weight excluding hydrogens is 474 g/mol. The molecule has 0 bridgehead atoms. The summed E-state index contributed by atoms with van der Waals surface area (Å²) in [6.07, 6.45) is 12.6. The molecule has 9 atom stereocenters. The van der Waals surface area contributed by atoms with Crippen molar-refractivity contribution in [2.24, 2.45) is 35.0 Å². The summed E-state index contributed by atoms with van der Waals surface area (Å²) < 4.78 is 18.3. The molecule has 0 aromatic rings. The summed E-state index contributed by atoms with van der Waals surface area (Å²) >= 11 is 0. The van der Waals surface area contributed by atoms with Crippen LogP contribution >= 0.6 is 0 Å². The molecule has 6 rings (SSSR count). The first-order valence-electron chi connectivity index (χ1n) is 15.7. The van der Waals surface area contributed by atoms with E-state index in [-0.39, 0.29) is 11.0 Å². The highest BCUT2D eigenvalue weighted by atomic mass is 16.5. The van der Waals surface area contributed by atoms with E-state index in [1.54, 1.807) is 18.3 Å². The van der Waals surface area contributed by atoms with E-state index in [0.717, 1.165) is 63.1 Å². The number of carbonyl (C=O) groups excluding carboxylic acids is 1. The molecule has 5 heteroatoms. The van der Waals surface area contributed by atoms with Crippen LogP contribution in [0.2, 0.25) is 0 Å². The van der Waals surface area contributed by atoms with Gasteiger partial charge in [0.15, 0.2) is 5.78 Å². The predicted molar refractivity (Wildman–Crippen MR) is 150 cm³/mol. The van der Waals surface area contributed by atoms with Crippen molar-refractivity contribution >= 4 is 5.78 Å². The van der Waals surface area contributed by atoms with Crippen molar-refractivity contribution in [2.45, 2.75) is 103 Å². The quantitative estimate of drug-likeness (QED) is 0.316. The summed E-state index contributed by atoms with van der Waals surface area (Å²) in [4.78, 5) is 14.9. The third-order valence-electron chi connectivity index (χ3n) is 12.1. The summed E-state index contributed by atoms with van der Waals surface area (Å²) in [5.74, 6) is 3.78.